The number of carboxylic acids is 1. The minimum Gasteiger partial charge on any atom is -0.481 e. The molecule has 1 heterocycles. The summed E-state index contributed by atoms with van der Waals surface area (Å²) >= 11 is 0. The van der Waals surface area contributed by atoms with Gasteiger partial charge in [-0.15, -0.1) is 0 Å². The van der Waals surface area contributed by atoms with Gasteiger partial charge in [0.2, 0.25) is 5.91 Å². The largest absolute Gasteiger partial charge is 0.481 e. The molecule has 0 aromatic heterocycles. The van der Waals surface area contributed by atoms with E-state index in [4.69, 9.17) is 15.6 Å². The SMILES string of the molecule is CCN(C(=O)C(N)C(C)C)C1COCC1C(=O)O. The highest BCUT2D eigenvalue weighted by Crippen LogP contribution is 2.21. The third kappa shape index (κ3) is 3.00. The van der Waals surface area contributed by atoms with Gasteiger partial charge in [0.05, 0.1) is 25.3 Å². The summed E-state index contributed by atoms with van der Waals surface area (Å²) in [7, 11) is 0. The number of likely N-dealkylation sites (N-methyl/N-ethyl adjacent to an activating group) is 1. The van der Waals surface area contributed by atoms with Gasteiger partial charge < -0.3 is 20.5 Å². The van der Waals surface area contributed by atoms with Crippen molar-refractivity contribution in [1.29, 1.82) is 0 Å². The van der Waals surface area contributed by atoms with Gasteiger partial charge in [-0.05, 0) is 12.8 Å². The maximum atomic E-state index is 12.2. The quantitative estimate of drug-likeness (QED) is 0.719. The van der Waals surface area contributed by atoms with E-state index in [9.17, 15) is 9.59 Å². The Morgan fingerprint density at radius 3 is 2.50 bits per heavy atom. The molecule has 3 unspecified atom stereocenters. The molecule has 18 heavy (non-hydrogen) atoms. The molecule has 0 aromatic carbocycles. The van der Waals surface area contributed by atoms with Crippen LogP contribution in [0.25, 0.3) is 0 Å². The lowest BCUT2D eigenvalue weighted by molar-refractivity contribution is -0.145. The van der Waals surface area contributed by atoms with Crippen LogP contribution in [-0.2, 0) is 14.3 Å². The first-order chi connectivity index (χ1) is 8.40. The van der Waals surface area contributed by atoms with Crippen LogP contribution in [0.1, 0.15) is 20.8 Å². The lowest BCUT2D eigenvalue weighted by Crippen LogP contribution is -2.53. The molecule has 1 fully saturated rings. The standard InChI is InChI=1S/C12H22N2O4/c1-4-14(11(15)10(13)7(2)3)9-6-18-5-8(9)12(16)17/h7-10H,4-6,13H2,1-3H3,(H,16,17). The van der Waals surface area contributed by atoms with Crippen LogP contribution in [0.15, 0.2) is 0 Å². The van der Waals surface area contributed by atoms with E-state index in [1.807, 2.05) is 20.8 Å². The van der Waals surface area contributed by atoms with Gasteiger partial charge in [-0.1, -0.05) is 13.8 Å². The van der Waals surface area contributed by atoms with Gasteiger partial charge in [0, 0.05) is 6.54 Å². The van der Waals surface area contributed by atoms with E-state index in [1.165, 1.54) is 4.90 Å². The Bertz CT molecular complexity index is 319. The molecule has 1 saturated heterocycles. The zero-order valence-corrected chi connectivity index (χ0v) is 11.1. The molecule has 3 N–H and O–H groups in total. The molecule has 1 aliphatic rings. The van der Waals surface area contributed by atoms with Crippen LogP contribution in [0.2, 0.25) is 0 Å². The number of hydrogen-bond acceptors (Lipinski definition) is 4. The molecule has 0 aromatic rings. The zero-order valence-electron chi connectivity index (χ0n) is 11.1. The van der Waals surface area contributed by atoms with Crippen molar-refractivity contribution in [2.75, 3.05) is 19.8 Å². The fraction of sp³-hybridized carbons (Fsp3) is 0.833. The van der Waals surface area contributed by atoms with Crippen LogP contribution in [0.3, 0.4) is 0 Å². The lowest BCUT2D eigenvalue weighted by Gasteiger charge is -2.32. The Morgan fingerprint density at radius 2 is 2.06 bits per heavy atom. The van der Waals surface area contributed by atoms with Crippen LogP contribution >= 0.6 is 0 Å². The minimum absolute atomic E-state index is 0.0251. The second-order valence-electron chi connectivity index (χ2n) is 4.94. The van der Waals surface area contributed by atoms with Crippen molar-refractivity contribution in [1.82, 2.24) is 4.90 Å². The number of rotatable bonds is 5. The first-order valence-corrected chi connectivity index (χ1v) is 6.26. The minimum atomic E-state index is -0.929. The Labute approximate surface area is 107 Å². The van der Waals surface area contributed by atoms with E-state index in [-0.39, 0.29) is 25.0 Å². The number of nitrogens with two attached hydrogens (primary N) is 1. The summed E-state index contributed by atoms with van der Waals surface area (Å²) in [5, 5.41) is 9.11. The first kappa shape index (κ1) is 14.9. The number of amides is 1. The van der Waals surface area contributed by atoms with Crippen LogP contribution in [-0.4, -0.2) is 53.7 Å². The molecular formula is C12H22N2O4. The van der Waals surface area contributed by atoms with Crippen LogP contribution < -0.4 is 5.73 Å². The van der Waals surface area contributed by atoms with E-state index in [0.29, 0.717) is 6.54 Å². The van der Waals surface area contributed by atoms with E-state index in [2.05, 4.69) is 0 Å². The van der Waals surface area contributed by atoms with E-state index < -0.39 is 24.0 Å². The average molecular weight is 258 g/mol. The highest BCUT2D eigenvalue weighted by molar-refractivity contribution is 5.83. The van der Waals surface area contributed by atoms with Crippen molar-refractivity contribution in [3.63, 3.8) is 0 Å². The van der Waals surface area contributed by atoms with E-state index in [1.54, 1.807) is 0 Å². The smallest absolute Gasteiger partial charge is 0.311 e. The Morgan fingerprint density at radius 1 is 1.44 bits per heavy atom. The molecule has 0 aliphatic carbocycles. The summed E-state index contributed by atoms with van der Waals surface area (Å²) in [4.78, 5) is 24.9. The monoisotopic (exact) mass is 258 g/mol. The summed E-state index contributed by atoms with van der Waals surface area (Å²) in [5.41, 5.74) is 5.85. The number of ether oxygens (including phenoxy) is 1. The summed E-state index contributed by atoms with van der Waals surface area (Å²) in [6.07, 6.45) is 0. The maximum absolute atomic E-state index is 12.2. The highest BCUT2D eigenvalue weighted by atomic mass is 16.5. The first-order valence-electron chi connectivity index (χ1n) is 6.26. The number of hydrogen-bond donors (Lipinski definition) is 2. The molecule has 0 saturated carbocycles. The normalized spacial score (nSPS) is 25.2. The predicted octanol–water partition coefficient (Wildman–Crippen LogP) is -0.0822. The fourth-order valence-electron chi connectivity index (χ4n) is 2.12. The summed E-state index contributed by atoms with van der Waals surface area (Å²) in [6.45, 7) is 6.42. The number of nitrogens with zero attached hydrogens (tertiary/aromatic N) is 1. The van der Waals surface area contributed by atoms with Crippen molar-refractivity contribution in [2.45, 2.75) is 32.9 Å². The molecule has 1 rings (SSSR count). The van der Waals surface area contributed by atoms with Gasteiger partial charge >= 0.3 is 5.97 Å². The Hall–Kier alpha value is -1.14. The molecule has 0 radical (unpaired) electrons. The summed E-state index contributed by atoms with van der Waals surface area (Å²) in [6, 6.07) is -1.01. The average Bonchev–Trinajstić information content (AvgIpc) is 2.77. The fourth-order valence-corrected chi connectivity index (χ4v) is 2.12. The number of aliphatic carboxylic acids is 1. The third-order valence-corrected chi connectivity index (χ3v) is 3.40. The van der Waals surface area contributed by atoms with Gasteiger partial charge in [-0.3, -0.25) is 9.59 Å². The van der Waals surface area contributed by atoms with Gasteiger partial charge in [0.25, 0.3) is 0 Å². The molecule has 1 amide bonds. The molecular weight excluding hydrogens is 236 g/mol. The van der Waals surface area contributed by atoms with Crippen molar-refractivity contribution >= 4 is 11.9 Å². The van der Waals surface area contributed by atoms with Gasteiger partial charge in [-0.2, -0.15) is 0 Å². The molecule has 1 aliphatic heterocycles. The highest BCUT2D eigenvalue weighted by Gasteiger charge is 2.40. The van der Waals surface area contributed by atoms with Gasteiger partial charge in [0.15, 0.2) is 0 Å². The number of carbonyl (C=O) groups is 2. The molecule has 6 nitrogen and oxygen atoms in total. The topological polar surface area (TPSA) is 92.9 Å². The molecule has 0 spiro atoms. The Balaban J connectivity index is 2.82. The van der Waals surface area contributed by atoms with Crippen molar-refractivity contribution < 1.29 is 19.4 Å². The van der Waals surface area contributed by atoms with E-state index in [0.717, 1.165) is 0 Å². The Kier molecular flexibility index (Phi) is 5.10. The third-order valence-electron chi connectivity index (χ3n) is 3.40. The van der Waals surface area contributed by atoms with Crippen LogP contribution in [0.5, 0.6) is 0 Å². The van der Waals surface area contributed by atoms with Gasteiger partial charge in [0.1, 0.15) is 5.92 Å². The van der Waals surface area contributed by atoms with Gasteiger partial charge in [-0.25, -0.2) is 0 Å². The molecule has 0 bridgehead atoms. The van der Waals surface area contributed by atoms with Crippen LogP contribution in [0.4, 0.5) is 0 Å². The molecule has 6 heteroatoms. The second kappa shape index (κ2) is 6.15. The van der Waals surface area contributed by atoms with Crippen molar-refractivity contribution in [3.8, 4) is 0 Å². The lowest BCUT2D eigenvalue weighted by atomic mass is 9.99. The maximum Gasteiger partial charge on any atom is 0.311 e. The van der Waals surface area contributed by atoms with Crippen molar-refractivity contribution in [2.24, 2.45) is 17.6 Å². The number of carboxylic acid groups (broad SMARTS) is 1. The molecule has 104 valence electrons. The van der Waals surface area contributed by atoms with Crippen LogP contribution in [0, 0.1) is 11.8 Å². The zero-order chi connectivity index (χ0) is 13.9. The summed E-state index contributed by atoms with van der Waals surface area (Å²) < 4.78 is 5.19. The second-order valence-corrected chi connectivity index (χ2v) is 4.94. The van der Waals surface area contributed by atoms with Crippen molar-refractivity contribution in [3.05, 3.63) is 0 Å². The van der Waals surface area contributed by atoms with E-state index >= 15 is 0 Å². The number of carbonyl (C=O) groups excluding carboxylic acids is 1. The predicted molar refractivity (Wildman–Crippen MR) is 65.9 cm³/mol. The summed E-state index contributed by atoms with van der Waals surface area (Å²) in [5.74, 6) is -1.76. The molecule has 3 atom stereocenters.